The molecule has 0 spiro atoms. The van der Waals surface area contributed by atoms with Gasteiger partial charge in [0, 0.05) is 37.3 Å². The number of nitrogens with zero attached hydrogens (tertiary/aromatic N) is 1. The molecule has 0 fully saturated rings. The monoisotopic (exact) mass is 354 g/mol. The fraction of sp³-hybridized carbons (Fsp3) is 0.333. The summed E-state index contributed by atoms with van der Waals surface area (Å²) in [7, 11) is 1.58. The summed E-state index contributed by atoms with van der Waals surface area (Å²) >= 11 is 0. The van der Waals surface area contributed by atoms with Crippen molar-refractivity contribution in [2.75, 3.05) is 23.9 Å². The van der Waals surface area contributed by atoms with E-state index in [2.05, 4.69) is 19.2 Å². The van der Waals surface area contributed by atoms with Crippen LogP contribution in [0.2, 0.25) is 0 Å². The molecule has 0 saturated heterocycles. The van der Waals surface area contributed by atoms with Gasteiger partial charge in [0.25, 0.3) is 0 Å². The van der Waals surface area contributed by atoms with E-state index in [0.29, 0.717) is 23.9 Å². The van der Waals surface area contributed by atoms with E-state index in [1.54, 1.807) is 24.1 Å². The minimum Gasteiger partial charge on any atom is -0.497 e. The van der Waals surface area contributed by atoms with Crippen LogP contribution < -0.4 is 15.0 Å². The highest BCUT2D eigenvalue weighted by Gasteiger charge is 2.18. The van der Waals surface area contributed by atoms with Gasteiger partial charge in [0.1, 0.15) is 5.75 Å². The molecule has 5 nitrogen and oxygen atoms in total. The second kappa shape index (κ2) is 9.04. The molecule has 0 radical (unpaired) electrons. The number of nitrogens with one attached hydrogen (secondary N) is 1. The summed E-state index contributed by atoms with van der Waals surface area (Å²) in [5.41, 5.74) is 2.63. The molecule has 5 heteroatoms. The van der Waals surface area contributed by atoms with Crippen molar-refractivity contribution < 1.29 is 14.3 Å². The normalized spacial score (nSPS) is 10.5. The van der Waals surface area contributed by atoms with Crippen molar-refractivity contribution in [2.45, 2.75) is 33.1 Å². The first kappa shape index (κ1) is 19.5. The molecule has 26 heavy (non-hydrogen) atoms. The number of anilines is 2. The van der Waals surface area contributed by atoms with Crippen LogP contribution in [0.15, 0.2) is 48.5 Å². The molecule has 0 aliphatic carbocycles. The fourth-order valence-electron chi connectivity index (χ4n) is 2.81. The van der Waals surface area contributed by atoms with Crippen molar-refractivity contribution >= 4 is 23.2 Å². The van der Waals surface area contributed by atoms with Crippen LogP contribution >= 0.6 is 0 Å². The highest BCUT2D eigenvalue weighted by molar-refractivity contribution is 5.95. The van der Waals surface area contributed by atoms with E-state index < -0.39 is 0 Å². The fourth-order valence-corrected chi connectivity index (χ4v) is 2.81. The average Bonchev–Trinajstić information content (AvgIpc) is 2.62. The number of amides is 2. The minimum absolute atomic E-state index is 0.0766. The number of carbonyl (C=O) groups is 2. The summed E-state index contributed by atoms with van der Waals surface area (Å²) in [4.78, 5) is 26.1. The van der Waals surface area contributed by atoms with Gasteiger partial charge in [-0.1, -0.05) is 38.1 Å². The zero-order chi connectivity index (χ0) is 19.1. The van der Waals surface area contributed by atoms with E-state index >= 15 is 0 Å². The molecule has 2 aromatic rings. The SMILES string of the molecule is COc1cccc(NC(=O)CCN(C(C)=O)c2ccccc2C(C)C)c1. The van der Waals surface area contributed by atoms with Gasteiger partial charge < -0.3 is 15.0 Å². The molecule has 0 aromatic heterocycles. The molecular formula is C21H26N2O3. The van der Waals surface area contributed by atoms with Crippen molar-refractivity contribution in [1.29, 1.82) is 0 Å². The van der Waals surface area contributed by atoms with E-state index in [-0.39, 0.29) is 18.2 Å². The molecule has 0 heterocycles. The first-order valence-corrected chi connectivity index (χ1v) is 8.73. The van der Waals surface area contributed by atoms with Gasteiger partial charge in [-0.3, -0.25) is 9.59 Å². The van der Waals surface area contributed by atoms with Gasteiger partial charge in [0.05, 0.1) is 7.11 Å². The Kier molecular flexibility index (Phi) is 6.78. The number of methoxy groups -OCH3 is 1. The molecule has 0 atom stereocenters. The molecule has 2 aromatic carbocycles. The summed E-state index contributed by atoms with van der Waals surface area (Å²) < 4.78 is 5.16. The number of carbonyl (C=O) groups excluding carboxylic acids is 2. The summed E-state index contributed by atoms with van der Waals surface area (Å²) in [6.07, 6.45) is 0.212. The average molecular weight is 354 g/mol. The Morgan fingerprint density at radius 1 is 1.12 bits per heavy atom. The summed E-state index contributed by atoms with van der Waals surface area (Å²) in [5.74, 6) is 0.747. The molecule has 2 amide bonds. The standard InChI is InChI=1S/C21H26N2O3/c1-15(2)19-10-5-6-11-20(19)23(16(3)24)13-12-21(25)22-17-8-7-9-18(14-17)26-4/h5-11,14-15H,12-13H2,1-4H3,(H,22,25). The summed E-state index contributed by atoms with van der Waals surface area (Å²) in [6, 6.07) is 15.0. The van der Waals surface area contributed by atoms with Gasteiger partial charge in [-0.05, 0) is 29.7 Å². The lowest BCUT2D eigenvalue weighted by Gasteiger charge is -2.25. The Morgan fingerprint density at radius 2 is 1.85 bits per heavy atom. The van der Waals surface area contributed by atoms with Crippen LogP contribution in [-0.4, -0.2) is 25.5 Å². The van der Waals surface area contributed by atoms with E-state index in [0.717, 1.165) is 11.3 Å². The smallest absolute Gasteiger partial charge is 0.226 e. The van der Waals surface area contributed by atoms with E-state index in [9.17, 15) is 9.59 Å². The van der Waals surface area contributed by atoms with Gasteiger partial charge in [-0.15, -0.1) is 0 Å². The maximum absolute atomic E-state index is 12.3. The second-order valence-corrected chi connectivity index (χ2v) is 6.41. The number of rotatable bonds is 7. The van der Waals surface area contributed by atoms with Gasteiger partial charge in [0.15, 0.2) is 0 Å². The van der Waals surface area contributed by atoms with Crippen molar-refractivity contribution in [1.82, 2.24) is 0 Å². The number of ether oxygens (including phenoxy) is 1. The van der Waals surface area contributed by atoms with Crippen LogP contribution in [0, 0.1) is 0 Å². The topological polar surface area (TPSA) is 58.6 Å². The highest BCUT2D eigenvalue weighted by atomic mass is 16.5. The highest BCUT2D eigenvalue weighted by Crippen LogP contribution is 2.27. The Bertz CT molecular complexity index is 771. The third-order valence-electron chi connectivity index (χ3n) is 4.15. The lowest BCUT2D eigenvalue weighted by Crippen LogP contribution is -2.32. The van der Waals surface area contributed by atoms with Crippen molar-refractivity contribution in [2.24, 2.45) is 0 Å². The van der Waals surface area contributed by atoms with Crippen LogP contribution in [0.25, 0.3) is 0 Å². The number of benzene rings is 2. The maximum Gasteiger partial charge on any atom is 0.226 e. The van der Waals surface area contributed by atoms with Crippen LogP contribution in [0.1, 0.15) is 38.7 Å². The number of para-hydroxylation sites is 1. The molecule has 1 N–H and O–H groups in total. The third-order valence-corrected chi connectivity index (χ3v) is 4.15. The molecule has 0 aliphatic rings. The maximum atomic E-state index is 12.3. The second-order valence-electron chi connectivity index (χ2n) is 6.41. The molecular weight excluding hydrogens is 328 g/mol. The number of hydrogen-bond donors (Lipinski definition) is 1. The molecule has 0 bridgehead atoms. The predicted molar refractivity (Wildman–Crippen MR) is 105 cm³/mol. The molecule has 138 valence electrons. The summed E-state index contributed by atoms with van der Waals surface area (Å²) in [5, 5.41) is 2.84. The molecule has 0 unspecified atom stereocenters. The van der Waals surface area contributed by atoms with Crippen LogP contribution in [0.4, 0.5) is 11.4 Å². The van der Waals surface area contributed by atoms with Gasteiger partial charge in [0.2, 0.25) is 11.8 Å². The van der Waals surface area contributed by atoms with Crippen LogP contribution in [0.3, 0.4) is 0 Å². The van der Waals surface area contributed by atoms with Gasteiger partial charge in [-0.2, -0.15) is 0 Å². The zero-order valence-electron chi connectivity index (χ0n) is 15.8. The van der Waals surface area contributed by atoms with E-state index in [1.807, 2.05) is 36.4 Å². The van der Waals surface area contributed by atoms with Crippen LogP contribution in [0.5, 0.6) is 5.75 Å². The number of hydrogen-bond acceptors (Lipinski definition) is 3. The van der Waals surface area contributed by atoms with E-state index in [1.165, 1.54) is 6.92 Å². The van der Waals surface area contributed by atoms with Crippen molar-refractivity contribution in [3.8, 4) is 5.75 Å². The summed E-state index contributed by atoms with van der Waals surface area (Å²) in [6.45, 7) is 6.03. The van der Waals surface area contributed by atoms with Gasteiger partial charge in [-0.25, -0.2) is 0 Å². The third kappa shape index (κ3) is 5.09. The molecule has 2 rings (SSSR count). The lowest BCUT2D eigenvalue weighted by molar-refractivity contribution is -0.117. The minimum atomic E-state index is -0.147. The molecule has 0 saturated carbocycles. The Hall–Kier alpha value is -2.82. The van der Waals surface area contributed by atoms with Crippen molar-refractivity contribution in [3.63, 3.8) is 0 Å². The molecule has 0 aliphatic heterocycles. The Labute approximate surface area is 155 Å². The lowest BCUT2D eigenvalue weighted by atomic mass is 10.0. The quantitative estimate of drug-likeness (QED) is 0.811. The Balaban J connectivity index is 2.07. The zero-order valence-corrected chi connectivity index (χ0v) is 15.8. The van der Waals surface area contributed by atoms with Crippen LogP contribution in [-0.2, 0) is 9.59 Å². The first-order chi connectivity index (χ1) is 12.4. The van der Waals surface area contributed by atoms with Crippen molar-refractivity contribution in [3.05, 3.63) is 54.1 Å². The van der Waals surface area contributed by atoms with E-state index in [4.69, 9.17) is 4.74 Å². The predicted octanol–water partition coefficient (Wildman–Crippen LogP) is 4.20. The first-order valence-electron chi connectivity index (χ1n) is 8.73. The largest absolute Gasteiger partial charge is 0.497 e. The Morgan fingerprint density at radius 3 is 2.50 bits per heavy atom. The van der Waals surface area contributed by atoms with Gasteiger partial charge >= 0.3 is 0 Å².